The average molecular weight is 258 g/mol. The number of hydrogen-bond acceptors (Lipinski definition) is 3. The topological polar surface area (TPSA) is 86.6 Å². The highest BCUT2D eigenvalue weighted by Crippen LogP contribution is 2.10. The first kappa shape index (κ1) is 13.5. The van der Waals surface area contributed by atoms with Gasteiger partial charge in [-0.2, -0.15) is 0 Å². The van der Waals surface area contributed by atoms with Crippen molar-refractivity contribution in [1.82, 2.24) is 5.32 Å². The van der Waals surface area contributed by atoms with Gasteiger partial charge in [-0.1, -0.05) is 17.7 Å². The van der Waals surface area contributed by atoms with Gasteiger partial charge >= 0.3 is 5.97 Å². The molecule has 0 fully saturated rings. The first-order valence-electron chi connectivity index (χ1n) is 4.95. The Hall–Kier alpha value is -1.59. The number of nitrogens with one attached hydrogen (secondary N) is 1. The molecule has 1 amide bonds. The lowest BCUT2D eigenvalue weighted by Gasteiger charge is -2.07. The van der Waals surface area contributed by atoms with Crippen molar-refractivity contribution in [2.75, 3.05) is 6.54 Å². The standard InChI is InChI=1S/C11H12ClNO4/c12-8-3-1-2-7(6-8)10(15)13-5-4-9(14)11(16)17/h1-3,6,9,14H,4-5H2,(H,13,15)(H,16,17). The Morgan fingerprint density at radius 3 is 2.71 bits per heavy atom. The number of aliphatic hydroxyl groups excluding tert-OH is 1. The van der Waals surface area contributed by atoms with Gasteiger partial charge in [-0.3, -0.25) is 4.79 Å². The number of benzene rings is 1. The summed E-state index contributed by atoms with van der Waals surface area (Å²) in [6.45, 7) is 0.0822. The minimum absolute atomic E-state index is 0.0400. The van der Waals surface area contributed by atoms with Gasteiger partial charge in [0.25, 0.3) is 5.91 Å². The number of halogens is 1. The van der Waals surface area contributed by atoms with E-state index < -0.39 is 12.1 Å². The smallest absolute Gasteiger partial charge is 0.332 e. The molecule has 3 N–H and O–H groups in total. The quantitative estimate of drug-likeness (QED) is 0.732. The zero-order valence-corrected chi connectivity index (χ0v) is 9.65. The van der Waals surface area contributed by atoms with Crippen LogP contribution in [0.5, 0.6) is 0 Å². The summed E-state index contributed by atoms with van der Waals surface area (Å²) in [4.78, 5) is 21.9. The molecule has 92 valence electrons. The second kappa shape index (κ2) is 6.22. The zero-order valence-electron chi connectivity index (χ0n) is 8.89. The van der Waals surface area contributed by atoms with Crippen LogP contribution < -0.4 is 5.32 Å². The minimum Gasteiger partial charge on any atom is -0.479 e. The van der Waals surface area contributed by atoms with Gasteiger partial charge in [-0.15, -0.1) is 0 Å². The summed E-state index contributed by atoms with van der Waals surface area (Å²) in [6, 6.07) is 6.38. The third kappa shape index (κ3) is 4.42. The molecule has 6 heteroatoms. The molecule has 0 aromatic heterocycles. The van der Waals surface area contributed by atoms with E-state index in [-0.39, 0.29) is 18.9 Å². The number of carboxylic acids is 1. The summed E-state index contributed by atoms with van der Waals surface area (Å²) in [6.07, 6.45) is -1.50. The summed E-state index contributed by atoms with van der Waals surface area (Å²) in [5.41, 5.74) is 0.391. The maximum absolute atomic E-state index is 11.5. The van der Waals surface area contributed by atoms with Crippen molar-refractivity contribution in [1.29, 1.82) is 0 Å². The number of amides is 1. The highest BCUT2D eigenvalue weighted by molar-refractivity contribution is 6.30. The summed E-state index contributed by atoms with van der Waals surface area (Å²) in [5, 5.41) is 20.3. The fraction of sp³-hybridized carbons (Fsp3) is 0.273. The lowest BCUT2D eigenvalue weighted by Crippen LogP contribution is -2.30. The predicted molar refractivity (Wildman–Crippen MR) is 62.0 cm³/mol. The van der Waals surface area contributed by atoms with E-state index in [1.165, 1.54) is 6.07 Å². The fourth-order valence-electron chi connectivity index (χ4n) is 1.18. The van der Waals surface area contributed by atoms with E-state index in [0.717, 1.165) is 0 Å². The maximum atomic E-state index is 11.5. The normalized spacial score (nSPS) is 11.9. The fourth-order valence-corrected chi connectivity index (χ4v) is 1.37. The molecule has 0 bridgehead atoms. The lowest BCUT2D eigenvalue weighted by atomic mass is 10.2. The third-order valence-corrected chi connectivity index (χ3v) is 2.31. The van der Waals surface area contributed by atoms with E-state index >= 15 is 0 Å². The van der Waals surface area contributed by atoms with Crippen LogP contribution >= 0.6 is 11.6 Å². The molecular formula is C11H12ClNO4. The molecule has 0 aliphatic heterocycles. The van der Waals surface area contributed by atoms with Gasteiger partial charge in [0, 0.05) is 23.6 Å². The number of aliphatic carboxylic acids is 1. The molecule has 0 saturated carbocycles. The van der Waals surface area contributed by atoms with E-state index in [1.54, 1.807) is 18.2 Å². The second-order valence-electron chi connectivity index (χ2n) is 3.41. The number of carbonyl (C=O) groups excluding carboxylic acids is 1. The molecule has 0 heterocycles. The maximum Gasteiger partial charge on any atom is 0.332 e. The Labute approximate surface area is 103 Å². The van der Waals surface area contributed by atoms with Gasteiger partial charge in [0.2, 0.25) is 0 Å². The Morgan fingerprint density at radius 2 is 2.12 bits per heavy atom. The van der Waals surface area contributed by atoms with Crippen molar-refractivity contribution in [2.45, 2.75) is 12.5 Å². The van der Waals surface area contributed by atoms with Gasteiger partial charge < -0.3 is 15.5 Å². The molecule has 1 aromatic rings. The van der Waals surface area contributed by atoms with E-state index in [2.05, 4.69) is 5.32 Å². The number of carbonyl (C=O) groups is 2. The highest BCUT2D eigenvalue weighted by atomic mass is 35.5. The molecule has 1 atom stereocenters. The Morgan fingerprint density at radius 1 is 1.41 bits per heavy atom. The monoisotopic (exact) mass is 257 g/mol. The van der Waals surface area contributed by atoms with Crippen molar-refractivity contribution in [3.8, 4) is 0 Å². The highest BCUT2D eigenvalue weighted by Gasteiger charge is 2.13. The van der Waals surface area contributed by atoms with Crippen molar-refractivity contribution in [3.63, 3.8) is 0 Å². The SMILES string of the molecule is O=C(NCCC(O)C(=O)O)c1cccc(Cl)c1. The molecule has 5 nitrogen and oxygen atoms in total. The number of rotatable bonds is 5. The minimum atomic E-state index is -1.46. The van der Waals surface area contributed by atoms with Crippen LogP contribution in [0.25, 0.3) is 0 Å². The molecule has 0 aliphatic rings. The summed E-state index contributed by atoms with van der Waals surface area (Å²) in [7, 11) is 0. The Bertz CT molecular complexity index is 422. The van der Waals surface area contributed by atoms with Crippen LogP contribution in [0.4, 0.5) is 0 Å². The Balaban J connectivity index is 2.43. The molecular weight excluding hydrogens is 246 g/mol. The lowest BCUT2D eigenvalue weighted by molar-refractivity contribution is -0.146. The van der Waals surface area contributed by atoms with Crippen LogP contribution in [0.15, 0.2) is 24.3 Å². The first-order chi connectivity index (χ1) is 8.00. The van der Waals surface area contributed by atoms with E-state index in [0.29, 0.717) is 10.6 Å². The van der Waals surface area contributed by atoms with Gasteiger partial charge in [0.1, 0.15) is 0 Å². The van der Waals surface area contributed by atoms with Crippen molar-refractivity contribution < 1.29 is 19.8 Å². The van der Waals surface area contributed by atoms with Gasteiger partial charge in [-0.25, -0.2) is 4.79 Å². The van der Waals surface area contributed by atoms with Crippen molar-refractivity contribution >= 4 is 23.5 Å². The van der Waals surface area contributed by atoms with Crippen LogP contribution in [-0.2, 0) is 4.79 Å². The molecule has 0 radical (unpaired) electrons. The molecule has 0 spiro atoms. The summed E-state index contributed by atoms with van der Waals surface area (Å²) < 4.78 is 0. The third-order valence-electron chi connectivity index (χ3n) is 2.08. The van der Waals surface area contributed by atoms with Crippen LogP contribution in [-0.4, -0.2) is 34.7 Å². The number of hydrogen-bond donors (Lipinski definition) is 3. The average Bonchev–Trinajstić information content (AvgIpc) is 2.28. The number of carboxylic acid groups (broad SMARTS) is 1. The van der Waals surface area contributed by atoms with Crippen LogP contribution in [0.2, 0.25) is 5.02 Å². The Kier molecular flexibility index (Phi) is 4.93. The number of aliphatic hydroxyl groups is 1. The van der Waals surface area contributed by atoms with Gasteiger partial charge in [0.05, 0.1) is 0 Å². The van der Waals surface area contributed by atoms with Crippen LogP contribution in [0, 0.1) is 0 Å². The van der Waals surface area contributed by atoms with Crippen LogP contribution in [0.3, 0.4) is 0 Å². The van der Waals surface area contributed by atoms with E-state index in [9.17, 15) is 9.59 Å². The summed E-state index contributed by atoms with van der Waals surface area (Å²) >= 11 is 5.72. The largest absolute Gasteiger partial charge is 0.479 e. The zero-order chi connectivity index (χ0) is 12.8. The van der Waals surface area contributed by atoms with Crippen molar-refractivity contribution in [3.05, 3.63) is 34.9 Å². The van der Waals surface area contributed by atoms with Gasteiger partial charge in [0.15, 0.2) is 6.10 Å². The molecule has 1 rings (SSSR count). The molecule has 1 unspecified atom stereocenters. The molecule has 17 heavy (non-hydrogen) atoms. The molecule has 0 aliphatic carbocycles. The van der Waals surface area contributed by atoms with Crippen LogP contribution in [0.1, 0.15) is 16.8 Å². The predicted octanol–water partition coefficient (Wildman–Crippen LogP) is 0.905. The van der Waals surface area contributed by atoms with E-state index in [1.807, 2.05) is 0 Å². The molecule has 0 saturated heterocycles. The molecule has 1 aromatic carbocycles. The van der Waals surface area contributed by atoms with Crippen molar-refractivity contribution in [2.24, 2.45) is 0 Å². The summed E-state index contributed by atoms with van der Waals surface area (Å²) in [5.74, 6) is -1.66. The first-order valence-corrected chi connectivity index (χ1v) is 5.33. The van der Waals surface area contributed by atoms with E-state index in [4.69, 9.17) is 21.8 Å². The second-order valence-corrected chi connectivity index (χ2v) is 3.85. The van der Waals surface area contributed by atoms with Gasteiger partial charge in [-0.05, 0) is 18.2 Å².